The highest BCUT2D eigenvalue weighted by atomic mass is 32.2. The Labute approximate surface area is 144 Å². The van der Waals surface area contributed by atoms with E-state index in [2.05, 4.69) is 26.2 Å². The van der Waals surface area contributed by atoms with Crippen molar-refractivity contribution in [1.82, 2.24) is 30.8 Å². The number of carbonyl (C=O) groups excluding carboxylic acids is 2. The topological polar surface area (TPSA) is 102 Å². The van der Waals surface area contributed by atoms with Crippen molar-refractivity contribution in [1.29, 1.82) is 0 Å². The van der Waals surface area contributed by atoms with Crippen molar-refractivity contribution in [3.8, 4) is 5.69 Å². The van der Waals surface area contributed by atoms with E-state index in [4.69, 9.17) is 0 Å². The van der Waals surface area contributed by atoms with Crippen LogP contribution in [0.1, 0.15) is 25.0 Å². The Balaban J connectivity index is 2.13. The first-order chi connectivity index (χ1) is 11.4. The lowest BCUT2D eigenvalue weighted by Crippen LogP contribution is -2.42. The van der Waals surface area contributed by atoms with Gasteiger partial charge in [-0.05, 0) is 49.8 Å². The van der Waals surface area contributed by atoms with E-state index in [9.17, 15) is 9.59 Å². The van der Waals surface area contributed by atoms with Gasteiger partial charge < -0.3 is 5.32 Å². The Morgan fingerprint density at radius 2 is 2.08 bits per heavy atom. The van der Waals surface area contributed by atoms with Gasteiger partial charge in [-0.2, -0.15) is 4.68 Å². The summed E-state index contributed by atoms with van der Waals surface area (Å²) in [6.07, 6.45) is 0. The van der Waals surface area contributed by atoms with Gasteiger partial charge in [0.15, 0.2) is 0 Å². The number of tetrazole rings is 1. The van der Waals surface area contributed by atoms with Gasteiger partial charge in [-0.15, -0.1) is 5.10 Å². The summed E-state index contributed by atoms with van der Waals surface area (Å²) in [6, 6.07) is 5.44. The number of benzene rings is 1. The molecule has 24 heavy (non-hydrogen) atoms. The molecule has 1 aromatic carbocycles. The van der Waals surface area contributed by atoms with Crippen LogP contribution < -0.4 is 10.6 Å². The summed E-state index contributed by atoms with van der Waals surface area (Å²) in [5.41, 5.74) is 3.03. The highest BCUT2D eigenvalue weighted by Gasteiger charge is 2.21. The first-order valence-electron chi connectivity index (χ1n) is 7.53. The van der Waals surface area contributed by atoms with Crippen LogP contribution in [0.15, 0.2) is 23.4 Å². The number of hydrogen-bond acceptors (Lipinski definition) is 6. The van der Waals surface area contributed by atoms with Gasteiger partial charge in [0.2, 0.25) is 11.1 Å². The van der Waals surface area contributed by atoms with Crippen molar-refractivity contribution < 1.29 is 9.59 Å². The highest BCUT2D eigenvalue weighted by molar-refractivity contribution is 8.00. The van der Waals surface area contributed by atoms with Crippen molar-refractivity contribution in [2.45, 2.75) is 38.1 Å². The lowest BCUT2D eigenvalue weighted by molar-refractivity contribution is -0.119. The number of urea groups is 1. The van der Waals surface area contributed by atoms with E-state index < -0.39 is 17.2 Å². The quantitative estimate of drug-likeness (QED) is 0.796. The van der Waals surface area contributed by atoms with Crippen molar-refractivity contribution in [2.24, 2.45) is 0 Å². The fraction of sp³-hybridized carbons (Fsp3) is 0.400. The fourth-order valence-corrected chi connectivity index (χ4v) is 2.88. The lowest BCUT2D eigenvalue weighted by Gasteiger charge is -2.12. The van der Waals surface area contributed by atoms with Crippen LogP contribution in [-0.4, -0.2) is 43.9 Å². The van der Waals surface area contributed by atoms with E-state index >= 15 is 0 Å². The summed E-state index contributed by atoms with van der Waals surface area (Å²) in [6.45, 7) is 7.91. The van der Waals surface area contributed by atoms with Crippen LogP contribution in [0.3, 0.4) is 0 Å². The number of nitrogens with one attached hydrogen (secondary N) is 2. The Morgan fingerprint density at radius 3 is 2.75 bits per heavy atom. The summed E-state index contributed by atoms with van der Waals surface area (Å²) < 4.78 is 1.59. The second-order valence-corrected chi connectivity index (χ2v) is 6.58. The normalized spacial score (nSPS) is 11.8. The first kappa shape index (κ1) is 17.9. The molecule has 0 aliphatic carbocycles. The molecule has 0 saturated heterocycles. The molecule has 3 amide bonds. The maximum Gasteiger partial charge on any atom is 0.321 e. The number of hydrogen-bond donors (Lipinski definition) is 2. The Kier molecular flexibility index (Phi) is 5.91. The minimum absolute atomic E-state index is 0.402. The number of rotatable bonds is 5. The first-order valence-corrected chi connectivity index (χ1v) is 8.41. The van der Waals surface area contributed by atoms with Crippen molar-refractivity contribution >= 4 is 23.7 Å². The average molecular weight is 348 g/mol. The van der Waals surface area contributed by atoms with Gasteiger partial charge in [0.1, 0.15) is 0 Å². The SMILES string of the molecule is CCNC(=O)NC(=O)[C@@H](C)Sc1nnnn1-c1ccc(C)cc1C. The van der Waals surface area contributed by atoms with Crippen molar-refractivity contribution in [3.05, 3.63) is 29.3 Å². The summed E-state index contributed by atoms with van der Waals surface area (Å²) in [5.74, 6) is -0.402. The van der Waals surface area contributed by atoms with Crippen LogP contribution in [0.4, 0.5) is 4.79 Å². The second-order valence-electron chi connectivity index (χ2n) is 5.27. The molecule has 0 aliphatic heterocycles. The molecule has 2 aromatic rings. The molecule has 1 heterocycles. The molecular formula is C15H20N6O2S. The Morgan fingerprint density at radius 1 is 1.33 bits per heavy atom. The van der Waals surface area contributed by atoms with Gasteiger partial charge in [-0.3, -0.25) is 10.1 Å². The Hall–Kier alpha value is -2.42. The van der Waals surface area contributed by atoms with Gasteiger partial charge in [-0.25, -0.2) is 4.79 Å². The zero-order valence-electron chi connectivity index (χ0n) is 14.0. The van der Waals surface area contributed by atoms with E-state index in [1.54, 1.807) is 18.5 Å². The van der Waals surface area contributed by atoms with Crippen LogP contribution in [0.25, 0.3) is 5.69 Å². The molecule has 0 radical (unpaired) electrons. The van der Waals surface area contributed by atoms with Gasteiger partial charge in [0.05, 0.1) is 10.9 Å². The fourth-order valence-electron chi connectivity index (χ4n) is 2.08. The number of carbonyl (C=O) groups is 2. The Bertz CT molecular complexity index is 745. The summed E-state index contributed by atoms with van der Waals surface area (Å²) in [7, 11) is 0. The maximum atomic E-state index is 12.0. The molecule has 2 N–H and O–H groups in total. The third-order valence-corrected chi connectivity index (χ3v) is 4.28. The number of nitrogens with zero attached hydrogens (tertiary/aromatic N) is 4. The number of thioether (sulfide) groups is 1. The van der Waals surface area contributed by atoms with Gasteiger partial charge in [0, 0.05) is 6.54 Å². The van der Waals surface area contributed by atoms with Gasteiger partial charge in [0.25, 0.3) is 0 Å². The third-order valence-electron chi connectivity index (χ3n) is 3.25. The standard InChI is InChI=1S/C15H20N6O2S/c1-5-16-14(23)17-13(22)11(4)24-15-18-19-20-21(15)12-7-6-9(2)8-10(12)3/h6-8,11H,5H2,1-4H3,(H2,16,17,22,23)/t11-/m1/s1. The van der Waals surface area contributed by atoms with Gasteiger partial charge >= 0.3 is 6.03 Å². The molecule has 128 valence electrons. The van der Waals surface area contributed by atoms with E-state index in [0.29, 0.717) is 11.7 Å². The monoisotopic (exact) mass is 348 g/mol. The van der Waals surface area contributed by atoms with Crippen LogP contribution in [-0.2, 0) is 4.79 Å². The zero-order chi connectivity index (χ0) is 17.7. The average Bonchev–Trinajstić information content (AvgIpc) is 2.95. The molecular weight excluding hydrogens is 328 g/mol. The molecule has 1 atom stereocenters. The van der Waals surface area contributed by atoms with Crippen LogP contribution >= 0.6 is 11.8 Å². The molecule has 9 heteroatoms. The predicted octanol–water partition coefficient (Wildman–Crippen LogP) is 1.61. The van der Waals surface area contributed by atoms with Crippen molar-refractivity contribution in [2.75, 3.05) is 6.54 Å². The third kappa shape index (κ3) is 4.31. The number of imide groups is 1. The van der Waals surface area contributed by atoms with E-state index in [0.717, 1.165) is 16.8 Å². The summed E-state index contributed by atoms with van der Waals surface area (Å²) in [4.78, 5) is 23.5. The summed E-state index contributed by atoms with van der Waals surface area (Å²) in [5, 5.41) is 16.4. The summed E-state index contributed by atoms with van der Waals surface area (Å²) >= 11 is 1.19. The van der Waals surface area contributed by atoms with Crippen LogP contribution in [0, 0.1) is 13.8 Å². The molecule has 0 fully saturated rings. The van der Waals surface area contributed by atoms with Crippen LogP contribution in [0.5, 0.6) is 0 Å². The minimum atomic E-state index is -0.525. The molecule has 8 nitrogen and oxygen atoms in total. The largest absolute Gasteiger partial charge is 0.338 e. The predicted molar refractivity (Wildman–Crippen MR) is 91.2 cm³/mol. The highest BCUT2D eigenvalue weighted by Crippen LogP contribution is 2.24. The second kappa shape index (κ2) is 7.91. The van der Waals surface area contributed by atoms with Gasteiger partial charge in [-0.1, -0.05) is 29.5 Å². The van der Waals surface area contributed by atoms with Crippen LogP contribution in [0.2, 0.25) is 0 Å². The number of amides is 3. The molecule has 1 aromatic heterocycles. The van der Waals surface area contributed by atoms with E-state index in [-0.39, 0.29) is 0 Å². The minimum Gasteiger partial charge on any atom is -0.338 e. The lowest BCUT2D eigenvalue weighted by atomic mass is 10.1. The molecule has 0 unspecified atom stereocenters. The van der Waals surface area contributed by atoms with Crippen molar-refractivity contribution in [3.63, 3.8) is 0 Å². The molecule has 0 aliphatic rings. The molecule has 2 rings (SSSR count). The molecule has 0 spiro atoms. The smallest absolute Gasteiger partial charge is 0.321 e. The van der Waals surface area contributed by atoms with E-state index in [1.165, 1.54) is 11.8 Å². The molecule has 0 saturated carbocycles. The number of aromatic nitrogens is 4. The van der Waals surface area contributed by atoms with E-state index in [1.807, 2.05) is 32.0 Å². The zero-order valence-corrected chi connectivity index (χ0v) is 14.8. The number of aryl methyl sites for hydroxylation is 2. The maximum absolute atomic E-state index is 12.0. The molecule has 0 bridgehead atoms.